The summed E-state index contributed by atoms with van der Waals surface area (Å²) in [5.41, 5.74) is 4.84. The molecule has 0 fully saturated rings. The number of rotatable bonds is 1. The second kappa shape index (κ2) is 25.7. The third kappa shape index (κ3) is 44.0. The molecule has 0 aromatic rings. The van der Waals surface area contributed by atoms with Gasteiger partial charge in [-0.3, -0.25) is 30.0 Å². The zero-order valence-electron chi connectivity index (χ0n) is 19.8. The number of amides is 3. The quantitative estimate of drug-likeness (QED) is 0.143. The number of carbonyl (C=O) groups is 5. The molecule has 0 saturated carbocycles. The Morgan fingerprint density at radius 1 is 0.848 bits per heavy atom. The largest absolute Gasteiger partial charge is 0.448 e. The van der Waals surface area contributed by atoms with Gasteiger partial charge in [-0.15, -0.1) is 0 Å². The van der Waals surface area contributed by atoms with Crippen molar-refractivity contribution in [3.63, 3.8) is 0 Å². The van der Waals surface area contributed by atoms with E-state index in [0.29, 0.717) is 0 Å². The minimum atomic E-state index is -0.694. The van der Waals surface area contributed by atoms with Gasteiger partial charge < -0.3 is 25.8 Å². The topological polar surface area (TPSA) is 214 Å². The zero-order valence-corrected chi connectivity index (χ0v) is 22.3. The average Bonchev–Trinajstić information content (AvgIpc) is 2.67. The molecule has 0 rings (SSSR count). The first kappa shape index (κ1) is 37.7. The van der Waals surface area contributed by atoms with E-state index in [1.54, 1.807) is 25.7 Å². The number of ether oxygens (including phenoxy) is 2. The van der Waals surface area contributed by atoms with E-state index in [1.807, 2.05) is 0 Å². The molecule has 13 nitrogen and oxygen atoms in total. The van der Waals surface area contributed by atoms with Gasteiger partial charge >= 0.3 is 18.0 Å². The van der Waals surface area contributed by atoms with Crippen LogP contribution in [0, 0.1) is 10.8 Å². The lowest BCUT2D eigenvalue weighted by molar-refractivity contribution is -0.156. The molecule has 0 unspecified atom stereocenters. The molecule has 0 aliphatic heterocycles. The van der Waals surface area contributed by atoms with Gasteiger partial charge in [-0.1, -0.05) is 35.3 Å². The maximum absolute atomic E-state index is 10.8. The van der Waals surface area contributed by atoms with Crippen LogP contribution in [0.4, 0.5) is 4.79 Å². The van der Waals surface area contributed by atoms with Crippen molar-refractivity contribution in [3.8, 4) is 0 Å². The Hall–Kier alpha value is -2.59. The number of amidine groups is 3. The van der Waals surface area contributed by atoms with Crippen molar-refractivity contribution in [3.05, 3.63) is 0 Å². The van der Waals surface area contributed by atoms with Crippen molar-refractivity contribution in [1.29, 1.82) is 10.8 Å². The van der Waals surface area contributed by atoms with Gasteiger partial charge in [0, 0.05) is 27.7 Å². The van der Waals surface area contributed by atoms with Crippen LogP contribution in [0.25, 0.3) is 0 Å². The summed E-state index contributed by atoms with van der Waals surface area (Å²) < 4.78 is 8.54. The van der Waals surface area contributed by atoms with E-state index in [1.165, 1.54) is 63.0 Å². The van der Waals surface area contributed by atoms with Gasteiger partial charge in [0.25, 0.3) is 0 Å². The molecule has 0 aliphatic carbocycles. The van der Waals surface area contributed by atoms with Gasteiger partial charge in [0.05, 0.1) is 6.61 Å². The maximum atomic E-state index is 10.8. The minimum absolute atomic E-state index is 0.171. The molecule has 33 heavy (non-hydrogen) atoms. The van der Waals surface area contributed by atoms with Crippen molar-refractivity contribution < 1.29 is 33.4 Å². The Labute approximate surface area is 206 Å². The highest BCUT2D eigenvalue weighted by Gasteiger charge is 2.04. The molecule has 6 N–H and O–H groups in total. The summed E-state index contributed by atoms with van der Waals surface area (Å²) in [6.07, 6.45) is 4.51. The number of aliphatic imine (C=N–C) groups is 1. The molecule has 3 amide bonds. The number of hydrogen-bond donors (Lipinski definition) is 5. The number of hydrogen-bond acceptors (Lipinski definition) is 12. The molecule has 0 atom stereocenters. The second-order valence-electron chi connectivity index (χ2n) is 4.87. The van der Waals surface area contributed by atoms with Crippen molar-refractivity contribution in [2.45, 2.75) is 34.6 Å². The summed E-state index contributed by atoms with van der Waals surface area (Å²) in [5, 5.41) is 18.7. The molecule has 0 saturated heterocycles. The lowest BCUT2D eigenvalue weighted by atomic mass is 10.7. The van der Waals surface area contributed by atoms with E-state index >= 15 is 0 Å². The fourth-order valence-electron chi connectivity index (χ4n) is 0.927. The van der Waals surface area contributed by atoms with Crippen LogP contribution in [0.5, 0.6) is 0 Å². The highest BCUT2D eigenvalue weighted by atomic mass is 32.2. The van der Waals surface area contributed by atoms with E-state index in [-0.39, 0.29) is 33.9 Å². The standard InChI is InChI=1S/C7H12N2O3S.C4H8N2OS.C4H6O3.C2H6N2S/c1-4-12-7(11)9-6(13-3)8-5(2)10;1-3(7)6-4(5)8-2;1-3(5)7-4(2)6;1-5-2(3)4/h4H2,1-3H3,(H,8,9,10,11);1-2H3,(H2,5,6,7);1-2H3;1H3,(H3,3,4). The summed E-state index contributed by atoms with van der Waals surface area (Å²) in [5.74, 6) is -1.58. The van der Waals surface area contributed by atoms with Gasteiger partial charge in [0.15, 0.2) is 15.5 Å². The fraction of sp³-hybridized carbons (Fsp3) is 0.529. The Morgan fingerprint density at radius 2 is 1.27 bits per heavy atom. The van der Waals surface area contributed by atoms with Crippen LogP contribution in [0.2, 0.25) is 0 Å². The molecule has 0 aromatic carbocycles. The maximum Gasteiger partial charge on any atom is 0.436 e. The van der Waals surface area contributed by atoms with E-state index < -0.39 is 18.0 Å². The summed E-state index contributed by atoms with van der Waals surface area (Å²) in [4.78, 5) is 54.7. The normalized spacial score (nSPS) is 9.03. The molecule has 0 radical (unpaired) electrons. The van der Waals surface area contributed by atoms with E-state index in [4.69, 9.17) is 16.6 Å². The van der Waals surface area contributed by atoms with Crippen LogP contribution in [0.15, 0.2) is 4.99 Å². The molecule has 0 heterocycles. The lowest BCUT2D eigenvalue weighted by Crippen LogP contribution is -2.26. The molecule has 0 aliphatic rings. The number of esters is 2. The number of nitrogens with zero attached hydrogens (tertiary/aromatic N) is 1. The first-order valence-electron chi connectivity index (χ1n) is 8.70. The van der Waals surface area contributed by atoms with E-state index in [0.717, 1.165) is 0 Å². The number of thioether (sulfide) groups is 3. The average molecular weight is 529 g/mol. The number of nitrogens with two attached hydrogens (primary N) is 1. The van der Waals surface area contributed by atoms with Gasteiger partial charge in [-0.05, 0) is 25.7 Å². The molecule has 0 spiro atoms. The molecule has 16 heteroatoms. The van der Waals surface area contributed by atoms with Crippen LogP contribution in [0.1, 0.15) is 34.6 Å². The van der Waals surface area contributed by atoms with Crippen LogP contribution < -0.4 is 16.4 Å². The molecular formula is C17H32N6O7S3. The third-order valence-corrected chi connectivity index (χ3v) is 3.47. The first-order chi connectivity index (χ1) is 15.2. The monoisotopic (exact) mass is 528 g/mol. The SMILES string of the molecule is CC(=O)OC(C)=O.CCOC(=O)N=C(NC(C)=O)SC.CSC(=N)N.CSC(=N)NC(C)=O. The lowest BCUT2D eigenvalue weighted by Gasteiger charge is -2.02. The molecular weight excluding hydrogens is 496 g/mol. The van der Waals surface area contributed by atoms with E-state index in [9.17, 15) is 24.0 Å². The van der Waals surface area contributed by atoms with Gasteiger partial charge in [0.1, 0.15) is 0 Å². The van der Waals surface area contributed by atoms with Gasteiger partial charge in [-0.2, -0.15) is 4.99 Å². The zero-order chi connectivity index (χ0) is 27.0. The minimum Gasteiger partial charge on any atom is -0.448 e. The fourth-order valence-corrected chi connectivity index (χ4v) is 1.58. The van der Waals surface area contributed by atoms with Crippen molar-refractivity contribution in [2.24, 2.45) is 10.7 Å². The van der Waals surface area contributed by atoms with Gasteiger partial charge in [-0.25, -0.2) is 4.79 Å². The molecule has 190 valence electrons. The smallest absolute Gasteiger partial charge is 0.436 e. The Kier molecular flexibility index (Phi) is 29.3. The molecule has 0 bridgehead atoms. The number of carbonyl (C=O) groups excluding carboxylic acids is 5. The first-order valence-corrected chi connectivity index (χ1v) is 12.4. The Morgan fingerprint density at radius 3 is 1.45 bits per heavy atom. The summed E-state index contributed by atoms with van der Waals surface area (Å²) in [6.45, 7) is 7.04. The second-order valence-corrected chi connectivity index (χ2v) is 7.33. The van der Waals surface area contributed by atoms with Crippen molar-refractivity contribution in [2.75, 3.05) is 25.4 Å². The van der Waals surface area contributed by atoms with Crippen LogP contribution in [-0.4, -0.2) is 70.7 Å². The Balaban J connectivity index is -0.000000182. The summed E-state index contributed by atoms with van der Waals surface area (Å²) in [6, 6.07) is 0. The van der Waals surface area contributed by atoms with Crippen LogP contribution in [0.3, 0.4) is 0 Å². The highest BCUT2D eigenvalue weighted by molar-refractivity contribution is 8.13. The van der Waals surface area contributed by atoms with Gasteiger partial charge in [0.2, 0.25) is 11.8 Å². The van der Waals surface area contributed by atoms with Crippen LogP contribution in [-0.2, 0) is 28.7 Å². The van der Waals surface area contributed by atoms with E-state index in [2.05, 4.69) is 25.1 Å². The predicted molar refractivity (Wildman–Crippen MR) is 135 cm³/mol. The van der Waals surface area contributed by atoms with Crippen molar-refractivity contribution in [1.82, 2.24) is 10.6 Å². The third-order valence-electron chi connectivity index (χ3n) is 1.94. The number of nitrogens with one attached hydrogen (secondary N) is 4. The van der Waals surface area contributed by atoms with Crippen LogP contribution >= 0.6 is 35.3 Å². The Bertz CT molecular complexity index is 691. The highest BCUT2D eigenvalue weighted by Crippen LogP contribution is 1.96. The molecule has 0 aromatic heterocycles. The summed E-state index contributed by atoms with van der Waals surface area (Å²) >= 11 is 3.61. The van der Waals surface area contributed by atoms with Crippen molar-refractivity contribution >= 4 is 80.6 Å². The summed E-state index contributed by atoms with van der Waals surface area (Å²) in [7, 11) is 0. The predicted octanol–water partition coefficient (Wildman–Crippen LogP) is 1.76.